The average Bonchev–Trinajstić information content (AvgIpc) is 3.19. The number of hydrogen-bond donors (Lipinski definition) is 0. The predicted octanol–water partition coefficient (Wildman–Crippen LogP) is 5.29. The fourth-order valence-electron chi connectivity index (χ4n) is 3.07. The van der Waals surface area contributed by atoms with E-state index in [4.69, 9.17) is 9.78 Å². The summed E-state index contributed by atoms with van der Waals surface area (Å²) in [5, 5.41) is 1.52. The van der Waals surface area contributed by atoms with E-state index >= 15 is 0 Å². The number of hydrogen-bond acceptors (Lipinski definition) is 3. The third-order valence-electron chi connectivity index (χ3n) is 4.20. The molecule has 0 unspecified atom stereocenters. The lowest BCUT2D eigenvalue weighted by Gasteiger charge is -2.09. The number of aryl methyl sites for hydroxylation is 2. The molecule has 0 N–H and O–H groups in total. The normalized spacial score (nSPS) is 15.5. The minimum absolute atomic E-state index is 0.580. The lowest BCUT2D eigenvalue weighted by atomic mass is 9.96. The highest BCUT2D eigenvalue weighted by atomic mass is 32.1. The van der Waals surface area contributed by atoms with Gasteiger partial charge in [-0.25, -0.2) is 0 Å². The summed E-state index contributed by atoms with van der Waals surface area (Å²) in [5.74, 6) is 0.845. The molecule has 2 aromatic carbocycles. The molecule has 0 spiro atoms. The molecule has 0 amide bonds. The SMILES string of the molecule is c1ccc2c(c1)COO2.c1ccc2c3c(sc2c1)CCCC3. The van der Waals surface area contributed by atoms with Crippen LogP contribution in [-0.2, 0) is 24.3 Å². The number of rotatable bonds is 0. The minimum Gasteiger partial charge on any atom is -0.337 e. The van der Waals surface area contributed by atoms with Crippen molar-refractivity contribution in [3.8, 4) is 5.75 Å². The average molecular weight is 310 g/mol. The summed E-state index contributed by atoms with van der Waals surface area (Å²) in [7, 11) is 0. The lowest BCUT2D eigenvalue weighted by molar-refractivity contribution is -0.194. The van der Waals surface area contributed by atoms with E-state index in [-0.39, 0.29) is 0 Å². The van der Waals surface area contributed by atoms with Crippen LogP contribution in [0.1, 0.15) is 28.8 Å². The van der Waals surface area contributed by atoms with E-state index < -0.39 is 0 Å². The molecule has 1 aromatic heterocycles. The highest BCUT2D eigenvalue weighted by Gasteiger charge is 2.14. The Balaban J connectivity index is 0.000000122. The van der Waals surface area contributed by atoms with Crippen LogP contribution >= 0.6 is 11.3 Å². The molecular weight excluding hydrogens is 292 g/mol. The Morgan fingerprint density at radius 1 is 0.864 bits per heavy atom. The molecule has 3 aromatic rings. The van der Waals surface area contributed by atoms with Crippen LogP contribution in [0.5, 0.6) is 5.75 Å². The minimum atomic E-state index is 0.580. The van der Waals surface area contributed by atoms with Gasteiger partial charge in [-0.15, -0.1) is 11.3 Å². The summed E-state index contributed by atoms with van der Waals surface area (Å²) < 4.78 is 1.48. The lowest BCUT2D eigenvalue weighted by Crippen LogP contribution is -1.97. The maximum absolute atomic E-state index is 4.80. The highest BCUT2D eigenvalue weighted by molar-refractivity contribution is 7.19. The van der Waals surface area contributed by atoms with Crippen molar-refractivity contribution in [2.45, 2.75) is 32.3 Å². The first kappa shape index (κ1) is 13.8. The molecule has 0 atom stereocenters. The van der Waals surface area contributed by atoms with E-state index in [1.54, 1.807) is 10.4 Å². The summed E-state index contributed by atoms with van der Waals surface area (Å²) in [5.41, 5.74) is 2.77. The van der Waals surface area contributed by atoms with E-state index in [0.29, 0.717) is 6.61 Å². The van der Waals surface area contributed by atoms with E-state index in [1.165, 1.54) is 35.8 Å². The van der Waals surface area contributed by atoms with Crippen molar-refractivity contribution in [1.82, 2.24) is 0 Å². The van der Waals surface area contributed by atoms with Gasteiger partial charge in [-0.2, -0.15) is 4.89 Å². The van der Waals surface area contributed by atoms with Crippen molar-refractivity contribution >= 4 is 21.4 Å². The van der Waals surface area contributed by atoms with Crippen LogP contribution in [0.3, 0.4) is 0 Å². The Morgan fingerprint density at radius 2 is 1.68 bits per heavy atom. The van der Waals surface area contributed by atoms with E-state index in [1.807, 2.05) is 35.6 Å². The van der Waals surface area contributed by atoms with Crippen LogP contribution in [0, 0.1) is 0 Å². The second kappa shape index (κ2) is 6.11. The Morgan fingerprint density at radius 3 is 2.64 bits per heavy atom. The van der Waals surface area contributed by atoms with Crippen molar-refractivity contribution in [3.63, 3.8) is 0 Å². The van der Waals surface area contributed by atoms with Gasteiger partial charge in [0.15, 0.2) is 5.75 Å². The van der Waals surface area contributed by atoms with Crippen LogP contribution in [-0.4, -0.2) is 0 Å². The topological polar surface area (TPSA) is 18.5 Å². The first-order valence-corrected chi connectivity index (χ1v) is 8.60. The molecule has 22 heavy (non-hydrogen) atoms. The van der Waals surface area contributed by atoms with Gasteiger partial charge >= 0.3 is 0 Å². The van der Waals surface area contributed by atoms with Gasteiger partial charge < -0.3 is 4.89 Å². The molecule has 0 saturated carbocycles. The summed E-state index contributed by atoms with van der Waals surface area (Å²) >= 11 is 2.00. The third kappa shape index (κ3) is 2.62. The maximum atomic E-state index is 4.80. The van der Waals surface area contributed by atoms with Gasteiger partial charge in [-0.3, -0.25) is 0 Å². The molecule has 0 radical (unpaired) electrons. The summed E-state index contributed by atoms with van der Waals surface area (Å²) in [4.78, 5) is 11.2. The molecule has 0 saturated heterocycles. The van der Waals surface area contributed by atoms with Crippen molar-refractivity contribution in [3.05, 3.63) is 64.5 Å². The summed E-state index contributed by atoms with van der Waals surface area (Å²) in [6, 6.07) is 16.6. The fourth-order valence-corrected chi connectivity index (χ4v) is 4.37. The molecule has 2 heterocycles. The van der Waals surface area contributed by atoms with Crippen molar-refractivity contribution in [1.29, 1.82) is 0 Å². The molecule has 0 fully saturated rings. The third-order valence-corrected chi connectivity index (χ3v) is 5.47. The van der Waals surface area contributed by atoms with Gasteiger partial charge in [0.05, 0.1) is 0 Å². The number of fused-ring (bicyclic) bond motifs is 4. The molecule has 112 valence electrons. The largest absolute Gasteiger partial charge is 0.337 e. The van der Waals surface area contributed by atoms with Crippen LogP contribution in [0.2, 0.25) is 0 Å². The smallest absolute Gasteiger partial charge is 0.171 e. The van der Waals surface area contributed by atoms with E-state index in [0.717, 1.165) is 11.3 Å². The van der Waals surface area contributed by atoms with Crippen molar-refractivity contribution in [2.75, 3.05) is 0 Å². The Bertz CT molecular complexity index is 768. The molecule has 2 aliphatic rings. The van der Waals surface area contributed by atoms with E-state index in [2.05, 4.69) is 24.3 Å². The maximum Gasteiger partial charge on any atom is 0.171 e. The van der Waals surface area contributed by atoms with Crippen LogP contribution in [0.4, 0.5) is 0 Å². The zero-order chi connectivity index (χ0) is 14.8. The zero-order valence-electron chi connectivity index (χ0n) is 12.4. The Kier molecular flexibility index (Phi) is 3.83. The molecule has 1 aliphatic carbocycles. The fraction of sp³-hybridized carbons (Fsp3) is 0.263. The van der Waals surface area contributed by atoms with Gasteiger partial charge in [0, 0.05) is 15.1 Å². The Hall–Kier alpha value is -1.84. The van der Waals surface area contributed by atoms with Gasteiger partial charge in [0.1, 0.15) is 6.61 Å². The van der Waals surface area contributed by atoms with Crippen molar-refractivity contribution in [2.24, 2.45) is 0 Å². The molecule has 2 nitrogen and oxygen atoms in total. The monoisotopic (exact) mass is 310 g/mol. The molecule has 5 rings (SSSR count). The molecule has 3 heteroatoms. The molecule has 1 aliphatic heterocycles. The van der Waals surface area contributed by atoms with Gasteiger partial charge in [-0.05, 0) is 48.8 Å². The number of thiophene rings is 1. The molecular formula is C19H18O2S. The molecule has 0 bridgehead atoms. The second-order valence-corrected chi connectivity index (χ2v) is 6.80. The summed E-state index contributed by atoms with van der Waals surface area (Å²) in [6.45, 7) is 0.580. The van der Waals surface area contributed by atoms with Gasteiger partial charge in [-0.1, -0.05) is 36.4 Å². The zero-order valence-corrected chi connectivity index (χ0v) is 13.2. The van der Waals surface area contributed by atoms with Gasteiger partial charge in [0.25, 0.3) is 0 Å². The van der Waals surface area contributed by atoms with Crippen LogP contribution < -0.4 is 4.89 Å². The number of benzene rings is 2. The standard InChI is InChI=1S/C12H12S.C7H6O2/c1-3-7-11-9(5-1)10-6-2-4-8-12(10)13-11;1-2-4-7-6(3-1)5-8-9-7/h1,3,5,7H,2,4,6,8H2;1-4H,5H2. The first-order chi connectivity index (χ1) is 10.9. The number of para-hydroxylation sites is 1. The van der Waals surface area contributed by atoms with Crippen LogP contribution in [0.15, 0.2) is 48.5 Å². The van der Waals surface area contributed by atoms with E-state index in [9.17, 15) is 0 Å². The Labute approximate surface area is 134 Å². The quantitative estimate of drug-likeness (QED) is 0.525. The van der Waals surface area contributed by atoms with Gasteiger partial charge in [0.2, 0.25) is 0 Å². The predicted molar refractivity (Wildman–Crippen MR) is 90.3 cm³/mol. The highest BCUT2D eigenvalue weighted by Crippen LogP contribution is 2.35. The van der Waals surface area contributed by atoms with Crippen molar-refractivity contribution < 1.29 is 9.78 Å². The van der Waals surface area contributed by atoms with Crippen LogP contribution in [0.25, 0.3) is 10.1 Å². The second-order valence-electron chi connectivity index (χ2n) is 5.66. The first-order valence-electron chi connectivity index (χ1n) is 7.78. The summed E-state index contributed by atoms with van der Waals surface area (Å²) in [6.07, 6.45) is 5.39.